The number of rotatable bonds is 4. The third-order valence-electron chi connectivity index (χ3n) is 3.07. The first kappa shape index (κ1) is 12.6. The van der Waals surface area contributed by atoms with Gasteiger partial charge in [0.15, 0.2) is 0 Å². The molecule has 0 spiro atoms. The van der Waals surface area contributed by atoms with E-state index in [2.05, 4.69) is 41.5 Å². The molecule has 2 rings (SSSR count). The lowest BCUT2D eigenvalue weighted by molar-refractivity contribution is -0.118. The first-order chi connectivity index (χ1) is 8.58. The number of H-pyrrole nitrogens is 1. The van der Waals surface area contributed by atoms with Gasteiger partial charge in [-0.05, 0) is 23.6 Å². The number of nitrogens with zero attached hydrogens (tertiary/aromatic N) is 1. The zero-order valence-corrected chi connectivity index (χ0v) is 11.1. The van der Waals surface area contributed by atoms with E-state index in [1.165, 1.54) is 12.5 Å². The van der Waals surface area contributed by atoms with Gasteiger partial charge >= 0.3 is 0 Å². The van der Waals surface area contributed by atoms with Crippen LogP contribution >= 0.6 is 0 Å². The molecular formula is C14H19N3O. The number of carbonyl (C=O) groups excluding carboxylic acids is 1. The molecule has 0 radical (unpaired) electrons. The molecule has 18 heavy (non-hydrogen) atoms. The zero-order valence-electron chi connectivity index (χ0n) is 11.1. The topological polar surface area (TPSA) is 57.8 Å². The summed E-state index contributed by atoms with van der Waals surface area (Å²) in [4.78, 5) is 10.8. The number of nitrogens with one attached hydrogen (secondary N) is 2. The van der Waals surface area contributed by atoms with Crippen molar-refractivity contribution in [2.75, 3.05) is 6.54 Å². The second kappa shape index (κ2) is 5.21. The van der Waals surface area contributed by atoms with Crippen LogP contribution in [-0.4, -0.2) is 22.6 Å². The number of hydrogen-bond donors (Lipinski definition) is 2. The largest absolute Gasteiger partial charge is 0.356 e. The maximum Gasteiger partial charge on any atom is 0.216 e. The summed E-state index contributed by atoms with van der Waals surface area (Å²) in [5.41, 5.74) is 3.38. The number of benzene rings is 1. The lowest BCUT2D eigenvalue weighted by Crippen LogP contribution is -2.22. The molecular weight excluding hydrogens is 226 g/mol. The molecule has 4 nitrogen and oxygen atoms in total. The van der Waals surface area contributed by atoms with Crippen molar-refractivity contribution in [1.82, 2.24) is 15.5 Å². The number of hydrogen-bond acceptors (Lipinski definition) is 2. The Labute approximate surface area is 107 Å². The van der Waals surface area contributed by atoms with E-state index in [-0.39, 0.29) is 5.91 Å². The van der Waals surface area contributed by atoms with Crippen LogP contribution in [0.2, 0.25) is 0 Å². The number of fused-ring (bicyclic) bond motifs is 1. The molecule has 0 bridgehead atoms. The first-order valence-corrected chi connectivity index (χ1v) is 6.29. The summed E-state index contributed by atoms with van der Waals surface area (Å²) in [6.07, 6.45) is 0.775. The van der Waals surface area contributed by atoms with E-state index in [9.17, 15) is 4.79 Å². The minimum atomic E-state index is 0.00157. The fourth-order valence-corrected chi connectivity index (χ4v) is 1.99. The third-order valence-corrected chi connectivity index (χ3v) is 3.07. The second-order valence-electron chi connectivity index (χ2n) is 4.87. The Morgan fingerprint density at radius 2 is 2.22 bits per heavy atom. The summed E-state index contributed by atoms with van der Waals surface area (Å²) < 4.78 is 0. The summed E-state index contributed by atoms with van der Waals surface area (Å²) >= 11 is 0. The van der Waals surface area contributed by atoms with E-state index in [1.807, 2.05) is 6.07 Å². The second-order valence-corrected chi connectivity index (χ2v) is 4.87. The summed E-state index contributed by atoms with van der Waals surface area (Å²) in [5.74, 6) is 0.509. The third kappa shape index (κ3) is 2.70. The van der Waals surface area contributed by atoms with E-state index in [0.29, 0.717) is 12.5 Å². The SMILES string of the molecule is CC(=O)NCCc1[nH]nc2ccc(C(C)C)cc12. The molecule has 4 heteroatoms. The van der Waals surface area contributed by atoms with Gasteiger partial charge in [-0.1, -0.05) is 19.9 Å². The molecule has 0 aliphatic carbocycles. The number of carbonyl (C=O) groups is 1. The van der Waals surface area contributed by atoms with Crippen LogP contribution in [0.25, 0.3) is 10.9 Å². The highest BCUT2D eigenvalue weighted by atomic mass is 16.1. The normalized spacial score (nSPS) is 11.1. The van der Waals surface area contributed by atoms with Crippen LogP contribution in [0.15, 0.2) is 18.2 Å². The zero-order chi connectivity index (χ0) is 13.1. The molecule has 2 aromatic rings. The van der Waals surface area contributed by atoms with Gasteiger partial charge in [0.2, 0.25) is 5.91 Å². The van der Waals surface area contributed by atoms with Crippen molar-refractivity contribution in [1.29, 1.82) is 0 Å². The molecule has 2 N–H and O–H groups in total. The predicted molar refractivity (Wildman–Crippen MR) is 72.6 cm³/mol. The molecule has 0 unspecified atom stereocenters. The highest BCUT2D eigenvalue weighted by Gasteiger charge is 2.07. The van der Waals surface area contributed by atoms with Crippen molar-refractivity contribution >= 4 is 16.8 Å². The van der Waals surface area contributed by atoms with E-state index in [4.69, 9.17) is 0 Å². The van der Waals surface area contributed by atoms with Crippen molar-refractivity contribution in [2.45, 2.75) is 33.1 Å². The summed E-state index contributed by atoms with van der Waals surface area (Å²) in [6, 6.07) is 6.35. The minimum absolute atomic E-state index is 0.00157. The molecule has 0 aliphatic heterocycles. The van der Waals surface area contributed by atoms with Gasteiger partial charge < -0.3 is 5.32 Å². The van der Waals surface area contributed by atoms with Crippen LogP contribution in [0.3, 0.4) is 0 Å². The minimum Gasteiger partial charge on any atom is -0.356 e. The summed E-state index contributed by atoms with van der Waals surface area (Å²) in [7, 11) is 0. The van der Waals surface area contributed by atoms with Crippen LogP contribution in [0.4, 0.5) is 0 Å². The van der Waals surface area contributed by atoms with Crippen molar-refractivity contribution in [3.63, 3.8) is 0 Å². The lowest BCUT2D eigenvalue weighted by Gasteiger charge is -2.05. The maximum absolute atomic E-state index is 10.8. The van der Waals surface area contributed by atoms with E-state index < -0.39 is 0 Å². The number of aromatic amines is 1. The molecule has 1 heterocycles. The van der Waals surface area contributed by atoms with E-state index in [0.717, 1.165) is 23.0 Å². The standard InChI is InChI=1S/C14H19N3O/c1-9(2)11-4-5-13-12(8-11)14(17-16-13)6-7-15-10(3)18/h4-5,8-9H,6-7H2,1-3H3,(H,15,18)(H,16,17). The molecule has 0 fully saturated rings. The van der Waals surface area contributed by atoms with Crippen LogP contribution in [0, 0.1) is 0 Å². The fraction of sp³-hybridized carbons (Fsp3) is 0.429. The van der Waals surface area contributed by atoms with Gasteiger partial charge in [0.05, 0.1) is 5.52 Å². The van der Waals surface area contributed by atoms with Crippen LogP contribution in [0.5, 0.6) is 0 Å². The van der Waals surface area contributed by atoms with Crippen molar-refractivity contribution < 1.29 is 4.79 Å². The molecule has 0 saturated carbocycles. The van der Waals surface area contributed by atoms with Crippen LogP contribution in [-0.2, 0) is 11.2 Å². The van der Waals surface area contributed by atoms with E-state index >= 15 is 0 Å². The predicted octanol–water partition coefficient (Wildman–Crippen LogP) is 2.36. The Bertz CT molecular complexity index is 557. The number of aromatic nitrogens is 2. The van der Waals surface area contributed by atoms with Crippen molar-refractivity contribution in [3.8, 4) is 0 Å². The summed E-state index contributed by atoms with van der Waals surface area (Å²) in [6.45, 7) is 6.52. The first-order valence-electron chi connectivity index (χ1n) is 6.29. The quantitative estimate of drug-likeness (QED) is 0.868. The Morgan fingerprint density at radius 1 is 1.44 bits per heavy atom. The Hall–Kier alpha value is -1.84. The highest BCUT2D eigenvalue weighted by Crippen LogP contribution is 2.22. The average molecular weight is 245 g/mol. The van der Waals surface area contributed by atoms with E-state index in [1.54, 1.807) is 0 Å². The van der Waals surface area contributed by atoms with Gasteiger partial charge in [-0.2, -0.15) is 5.10 Å². The summed E-state index contributed by atoms with van der Waals surface area (Å²) in [5, 5.41) is 11.3. The smallest absolute Gasteiger partial charge is 0.216 e. The van der Waals surface area contributed by atoms with Gasteiger partial charge in [0, 0.05) is 31.0 Å². The molecule has 1 aromatic heterocycles. The van der Waals surface area contributed by atoms with Gasteiger partial charge in [0.1, 0.15) is 0 Å². The number of amides is 1. The lowest BCUT2D eigenvalue weighted by atomic mass is 10.0. The molecule has 0 atom stereocenters. The molecule has 1 aromatic carbocycles. The Morgan fingerprint density at radius 3 is 2.89 bits per heavy atom. The molecule has 96 valence electrons. The Kier molecular flexibility index (Phi) is 3.65. The molecule has 0 saturated heterocycles. The fourth-order valence-electron chi connectivity index (χ4n) is 1.99. The van der Waals surface area contributed by atoms with Crippen molar-refractivity contribution in [2.24, 2.45) is 0 Å². The van der Waals surface area contributed by atoms with Gasteiger partial charge in [-0.25, -0.2) is 0 Å². The maximum atomic E-state index is 10.8. The molecule has 0 aliphatic rings. The average Bonchev–Trinajstić information content (AvgIpc) is 2.71. The van der Waals surface area contributed by atoms with Crippen LogP contribution in [0.1, 0.15) is 37.9 Å². The van der Waals surface area contributed by atoms with Gasteiger partial charge in [-0.15, -0.1) is 0 Å². The highest BCUT2D eigenvalue weighted by molar-refractivity contribution is 5.82. The molecule has 1 amide bonds. The monoisotopic (exact) mass is 245 g/mol. The van der Waals surface area contributed by atoms with Crippen LogP contribution < -0.4 is 5.32 Å². The van der Waals surface area contributed by atoms with Crippen molar-refractivity contribution in [3.05, 3.63) is 29.5 Å². The Balaban J connectivity index is 2.22. The van der Waals surface area contributed by atoms with Gasteiger partial charge in [0.25, 0.3) is 0 Å². The van der Waals surface area contributed by atoms with Gasteiger partial charge in [-0.3, -0.25) is 9.89 Å².